The van der Waals surface area contributed by atoms with Gasteiger partial charge in [-0.05, 0) is 18.5 Å². The first-order valence-electron chi connectivity index (χ1n) is 6.82. The minimum absolute atomic E-state index is 0.191. The van der Waals surface area contributed by atoms with Crippen LogP contribution in [0.15, 0.2) is 18.2 Å². The Kier molecular flexibility index (Phi) is 6.87. The molecular weight excluding hydrogens is 256 g/mol. The Balaban J connectivity index is 2.73. The van der Waals surface area contributed by atoms with Gasteiger partial charge in [0.15, 0.2) is 11.5 Å². The summed E-state index contributed by atoms with van der Waals surface area (Å²) in [6, 6.07) is 5.74. The fraction of sp³-hybridized carbons (Fsp3) is 0.533. The number of methoxy groups -OCH3 is 1. The van der Waals surface area contributed by atoms with Gasteiger partial charge in [-0.15, -0.1) is 0 Å². The van der Waals surface area contributed by atoms with Crippen LogP contribution in [-0.4, -0.2) is 26.2 Å². The van der Waals surface area contributed by atoms with Crippen molar-refractivity contribution in [3.8, 4) is 11.5 Å². The van der Waals surface area contributed by atoms with Gasteiger partial charge in [-0.3, -0.25) is 4.79 Å². The molecule has 20 heavy (non-hydrogen) atoms. The SMILES string of the molecule is COc1cccc(CNCC(C)C)c1OCCC(N)=O. The largest absolute Gasteiger partial charge is 0.493 e. The highest BCUT2D eigenvalue weighted by molar-refractivity contribution is 5.73. The van der Waals surface area contributed by atoms with Gasteiger partial charge < -0.3 is 20.5 Å². The van der Waals surface area contributed by atoms with Crippen LogP contribution in [0.2, 0.25) is 0 Å². The predicted molar refractivity (Wildman–Crippen MR) is 78.8 cm³/mol. The Labute approximate surface area is 120 Å². The van der Waals surface area contributed by atoms with Gasteiger partial charge in [-0.1, -0.05) is 26.0 Å². The molecule has 0 aliphatic heterocycles. The van der Waals surface area contributed by atoms with Crippen LogP contribution in [0.5, 0.6) is 11.5 Å². The van der Waals surface area contributed by atoms with E-state index in [1.54, 1.807) is 7.11 Å². The maximum absolute atomic E-state index is 10.8. The summed E-state index contributed by atoms with van der Waals surface area (Å²) in [7, 11) is 1.60. The lowest BCUT2D eigenvalue weighted by Gasteiger charge is -2.15. The molecule has 0 aliphatic carbocycles. The quantitative estimate of drug-likeness (QED) is 0.722. The molecular formula is C15H24N2O3. The number of primary amides is 1. The summed E-state index contributed by atoms with van der Waals surface area (Å²) in [5.74, 6) is 1.55. The van der Waals surface area contributed by atoms with E-state index in [4.69, 9.17) is 15.2 Å². The molecule has 0 radical (unpaired) electrons. The number of carbonyl (C=O) groups is 1. The molecule has 5 heteroatoms. The third-order valence-electron chi connectivity index (χ3n) is 2.74. The zero-order valence-electron chi connectivity index (χ0n) is 12.4. The van der Waals surface area contributed by atoms with Crippen molar-refractivity contribution in [2.45, 2.75) is 26.8 Å². The van der Waals surface area contributed by atoms with Gasteiger partial charge in [-0.25, -0.2) is 0 Å². The van der Waals surface area contributed by atoms with Crippen LogP contribution in [0.3, 0.4) is 0 Å². The minimum atomic E-state index is -0.376. The highest BCUT2D eigenvalue weighted by atomic mass is 16.5. The van der Waals surface area contributed by atoms with Crippen molar-refractivity contribution in [3.63, 3.8) is 0 Å². The lowest BCUT2D eigenvalue weighted by atomic mass is 10.1. The number of ether oxygens (including phenoxy) is 2. The summed E-state index contributed by atoms with van der Waals surface area (Å²) in [5, 5.41) is 3.36. The summed E-state index contributed by atoms with van der Waals surface area (Å²) >= 11 is 0. The highest BCUT2D eigenvalue weighted by Crippen LogP contribution is 2.31. The standard InChI is InChI=1S/C15H24N2O3/c1-11(2)9-17-10-12-5-4-6-13(19-3)15(12)20-8-7-14(16)18/h4-6,11,17H,7-10H2,1-3H3,(H2,16,18). The van der Waals surface area contributed by atoms with Crippen LogP contribution in [0.1, 0.15) is 25.8 Å². The van der Waals surface area contributed by atoms with Crippen molar-refractivity contribution < 1.29 is 14.3 Å². The number of amides is 1. The topological polar surface area (TPSA) is 73.6 Å². The van der Waals surface area contributed by atoms with E-state index in [2.05, 4.69) is 19.2 Å². The van der Waals surface area contributed by atoms with Crippen molar-refractivity contribution in [1.82, 2.24) is 5.32 Å². The molecule has 0 atom stereocenters. The Morgan fingerprint density at radius 3 is 2.75 bits per heavy atom. The second-order valence-corrected chi connectivity index (χ2v) is 5.04. The minimum Gasteiger partial charge on any atom is -0.493 e. The lowest BCUT2D eigenvalue weighted by molar-refractivity contribution is -0.118. The number of hydrogen-bond donors (Lipinski definition) is 2. The van der Waals surface area contributed by atoms with Crippen molar-refractivity contribution in [2.75, 3.05) is 20.3 Å². The first kappa shape index (κ1) is 16.3. The fourth-order valence-electron chi connectivity index (χ4n) is 1.77. The van der Waals surface area contributed by atoms with Crippen LogP contribution in [0, 0.1) is 5.92 Å². The van der Waals surface area contributed by atoms with Crippen LogP contribution < -0.4 is 20.5 Å². The molecule has 1 rings (SSSR count). The zero-order chi connectivity index (χ0) is 15.0. The van der Waals surface area contributed by atoms with E-state index >= 15 is 0 Å². The number of nitrogens with two attached hydrogens (primary N) is 1. The number of nitrogens with one attached hydrogen (secondary N) is 1. The number of carbonyl (C=O) groups excluding carboxylic acids is 1. The maximum atomic E-state index is 10.8. The second-order valence-electron chi connectivity index (χ2n) is 5.04. The molecule has 1 aromatic carbocycles. The highest BCUT2D eigenvalue weighted by Gasteiger charge is 2.11. The average Bonchev–Trinajstić information content (AvgIpc) is 2.39. The number of para-hydroxylation sites is 1. The summed E-state index contributed by atoms with van der Waals surface area (Å²) in [5.41, 5.74) is 6.12. The van der Waals surface area contributed by atoms with Crippen molar-refractivity contribution in [3.05, 3.63) is 23.8 Å². The third-order valence-corrected chi connectivity index (χ3v) is 2.74. The molecule has 112 valence electrons. The number of hydrogen-bond acceptors (Lipinski definition) is 4. The molecule has 0 unspecified atom stereocenters. The summed E-state index contributed by atoms with van der Waals surface area (Å²) in [6.07, 6.45) is 0.191. The molecule has 0 aliphatic rings. The zero-order valence-corrected chi connectivity index (χ0v) is 12.4. The van der Waals surface area contributed by atoms with E-state index in [0.717, 1.165) is 12.1 Å². The number of benzene rings is 1. The molecule has 1 aromatic rings. The van der Waals surface area contributed by atoms with Crippen molar-refractivity contribution >= 4 is 5.91 Å². The van der Waals surface area contributed by atoms with E-state index in [-0.39, 0.29) is 18.9 Å². The fourth-order valence-corrected chi connectivity index (χ4v) is 1.77. The molecule has 0 bridgehead atoms. The van der Waals surface area contributed by atoms with Gasteiger partial charge in [0, 0.05) is 12.1 Å². The Morgan fingerprint density at radius 1 is 1.40 bits per heavy atom. The number of rotatable bonds is 9. The summed E-state index contributed by atoms with van der Waals surface area (Å²) < 4.78 is 11.0. The Morgan fingerprint density at radius 2 is 2.15 bits per heavy atom. The van der Waals surface area contributed by atoms with Crippen LogP contribution in [0.25, 0.3) is 0 Å². The van der Waals surface area contributed by atoms with Crippen LogP contribution >= 0.6 is 0 Å². The van der Waals surface area contributed by atoms with Gasteiger partial charge in [0.25, 0.3) is 0 Å². The molecule has 0 saturated carbocycles. The van der Waals surface area contributed by atoms with E-state index in [9.17, 15) is 4.79 Å². The first-order valence-corrected chi connectivity index (χ1v) is 6.82. The Hall–Kier alpha value is -1.75. The van der Waals surface area contributed by atoms with E-state index in [1.807, 2.05) is 18.2 Å². The monoisotopic (exact) mass is 280 g/mol. The van der Waals surface area contributed by atoms with E-state index < -0.39 is 0 Å². The summed E-state index contributed by atoms with van der Waals surface area (Å²) in [6.45, 7) is 6.19. The molecule has 0 aromatic heterocycles. The molecule has 5 nitrogen and oxygen atoms in total. The van der Waals surface area contributed by atoms with Gasteiger partial charge in [0.1, 0.15) is 0 Å². The maximum Gasteiger partial charge on any atom is 0.220 e. The molecule has 0 saturated heterocycles. The van der Waals surface area contributed by atoms with Crippen LogP contribution in [0.4, 0.5) is 0 Å². The summed E-state index contributed by atoms with van der Waals surface area (Å²) in [4.78, 5) is 10.8. The molecule has 3 N–H and O–H groups in total. The normalized spacial score (nSPS) is 10.6. The lowest BCUT2D eigenvalue weighted by Crippen LogP contribution is -2.20. The molecule has 1 amide bonds. The molecule has 0 fully saturated rings. The van der Waals surface area contributed by atoms with Gasteiger partial charge >= 0.3 is 0 Å². The predicted octanol–water partition coefficient (Wildman–Crippen LogP) is 1.69. The van der Waals surface area contributed by atoms with E-state index in [1.165, 1.54) is 0 Å². The molecule has 0 spiro atoms. The van der Waals surface area contributed by atoms with E-state index in [0.29, 0.717) is 24.0 Å². The van der Waals surface area contributed by atoms with Crippen LogP contribution in [-0.2, 0) is 11.3 Å². The molecule has 0 heterocycles. The third kappa shape index (κ3) is 5.48. The van der Waals surface area contributed by atoms with Gasteiger partial charge in [0.2, 0.25) is 5.91 Å². The van der Waals surface area contributed by atoms with Gasteiger partial charge in [0.05, 0.1) is 20.1 Å². The second kappa shape index (κ2) is 8.43. The Bertz CT molecular complexity index is 433. The van der Waals surface area contributed by atoms with Crippen molar-refractivity contribution in [1.29, 1.82) is 0 Å². The van der Waals surface area contributed by atoms with Crippen molar-refractivity contribution in [2.24, 2.45) is 11.7 Å². The first-order chi connectivity index (χ1) is 9.54. The van der Waals surface area contributed by atoms with Gasteiger partial charge in [-0.2, -0.15) is 0 Å². The average molecular weight is 280 g/mol. The smallest absolute Gasteiger partial charge is 0.220 e.